The number of hydrogen-bond donors (Lipinski definition) is 6. The molecule has 11 heteroatoms. The van der Waals surface area contributed by atoms with Crippen molar-refractivity contribution in [3.8, 4) is 11.1 Å². The molecule has 3 unspecified atom stereocenters. The van der Waals surface area contributed by atoms with E-state index in [1.54, 1.807) is 18.5 Å². The number of aliphatic imine (C=N–C) groups is 1. The summed E-state index contributed by atoms with van der Waals surface area (Å²) in [5.41, 5.74) is 7.01. The number of allylic oxidation sites excluding steroid dienone is 3. The Bertz CT molecular complexity index is 1510. The number of halogens is 1. The number of rotatable bonds is 13. The van der Waals surface area contributed by atoms with Crippen LogP contribution in [0.1, 0.15) is 24.6 Å². The van der Waals surface area contributed by atoms with E-state index in [4.69, 9.17) is 0 Å². The predicted molar refractivity (Wildman–Crippen MR) is 170 cm³/mol. The molecule has 42 heavy (non-hydrogen) atoms. The van der Waals surface area contributed by atoms with Gasteiger partial charge in [0.25, 0.3) is 0 Å². The van der Waals surface area contributed by atoms with Gasteiger partial charge in [-0.05, 0) is 84.2 Å². The van der Waals surface area contributed by atoms with Gasteiger partial charge in [-0.15, -0.1) is 0 Å². The molecule has 1 aliphatic heterocycles. The van der Waals surface area contributed by atoms with Crippen molar-refractivity contribution < 1.29 is 18.3 Å². The van der Waals surface area contributed by atoms with E-state index in [9.17, 15) is 18.3 Å². The molecule has 0 saturated heterocycles. The molecule has 3 atom stereocenters. The quantitative estimate of drug-likeness (QED) is 0.118. The molecule has 1 aliphatic carbocycles. The van der Waals surface area contributed by atoms with E-state index >= 15 is 0 Å². The number of aliphatic hydroxyl groups is 1. The molecule has 0 radical (unpaired) electrons. The minimum Gasteiger partial charge on any atom is -0.390 e. The molecule has 5 rings (SSSR count). The standard InChI is InChI=1S/C31H37FN6O3S/c1-42(40,41)14-12-33-18-28(39)20-38-13-11-24(19-38)23-5-10-30-29(16-23)31(36-21-35-30)37-27-8-6-26(7-9-27)34-17-22-3-2-4-25(32)15-22/h4-11,13,15-16,19,21,28,31,33-34,37,39H,2-3,12,14,17-18,20H2,1H3,(H-,35,36,40,41)/p+1. The summed E-state index contributed by atoms with van der Waals surface area (Å²) in [6, 6.07) is 16.2. The molecule has 0 amide bonds. The molecule has 0 saturated carbocycles. The molecule has 0 fully saturated rings. The second-order valence-electron chi connectivity index (χ2n) is 10.8. The van der Waals surface area contributed by atoms with Crippen LogP contribution in [0.5, 0.6) is 0 Å². The van der Waals surface area contributed by atoms with E-state index in [2.05, 4.69) is 38.4 Å². The van der Waals surface area contributed by atoms with Crippen LogP contribution in [0.3, 0.4) is 0 Å². The summed E-state index contributed by atoms with van der Waals surface area (Å²) in [6.45, 7) is 1.74. The molecule has 6 N–H and O–H groups in total. The number of benzene rings is 2. The number of aliphatic hydroxyl groups excluding tert-OH is 1. The second-order valence-corrected chi connectivity index (χ2v) is 13.1. The lowest BCUT2D eigenvalue weighted by molar-refractivity contribution is 0.152. The van der Waals surface area contributed by atoms with Crippen LogP contribution < -0.4 is 21.3 Å². The first-order valence-electron chi connectivity index (χ1n) is 14.0. The topological polar surface area (TPSA) is 123 Å². The first-order chi connectivity index (χ1) is 20.2. The van der Waals surface area contributed by atoms with E-state index in [1.165, 1.54) is 6.26 Å². The van der Waals surface area contributed by atoms with Gasteiger partial charge in [-0.1, -0.05) is 10.3 Å². The van der Waals surface area contributed by atoms with Gasteiger partial charge in [0.2, 0.25) is 10.2 Å². The summed E-state index contributed by atoms with van der Waals surface area (Å²) in [5.74, 6) is -0.00162. The van der Waals surface area contributed by atoms with Gasteiger partial charge in [0, 0.05) is 61.2 Å². The van der Waals surface area contributed by atoms with Crippen LogP contribution >= 0.6 is 0 Å². The Morgan fingerprint density at radius 1 is 1.17 bits per heavy atom. The third kappa shape index (κ3) is 8.39. The highest BCUT2D eigenvalue weighted by Gasteiger charge is 2.19. The number of aromatic nitrogens is 1. The molecule has 1 aromatic heterocycles. The van der Waals surface area contributed by atoms with E-state index in [0.717, 1.165) is 52.2 Å². The van der Waals surface area contributed by atoms with Crippen LogP contribution in [0, 0.1) is 0 Å². The van der Waals surface area contributed by atoms with Crippen molar-refractivity contribution in [3.63, 3.8) is 0 Å². The SMILES string of the molecule is C[S+](=O)(O)CCNCC(O)Cn1ccc(-c2ccc3c(c2)C(Nc2ccc(NCC4=CC(F)=CCC4)cc2)N=CN3)c1. The Labute approximate surface area is 246 Å². The van der Waals surface area contributed by atoms with Gasteiger partial charge in [0.05, 0.1) is 12.4 Å². The normalized spacial score (nSPS) is 18.2. The lowest BCUT2D eigenvalue weighted by Gasteiger charge is -2.24. The first kappa shape index (κ1) is 29.7. The summed E-state index contributed by atoms with van der Waals surface area (Å²) >= 11 is 0. The summed E-state index contributed by atoms with van der Waals surface area (Å²) in [7, 11) is -2.78. The third-order valence-electron chi connectivity index (χ3n) is 7.19. The van der Waals surface area contributed by atoms with Gasteiger partial charge in [0.15, 0.2) is 5.75 Å². The van der Waals surface area contributed by atoms with Gasteiger partial charge < -0.3 is 30.9 Å². The Balaban J connectivity index is 1.18. The van der Waals surface area contributed by atoms with Crippen LogP contribution in [-0.2, 0) is 21.0 Å². The smallest absolute Gasteiger partial charge is 0.212 e. The summed E-state index contributed by atoms with van der Waals surface area (Å²) in [5, 5.41) is 23.5. The minimum absolute atomic E-state index is 0.156. The van der Waals surface area contributed by atoms with Crippen LogP contribution in [0.25, 0.3) is 11.1 Å². The number of fused-ring (bicyclic) bond motifs is 1. The van der Waals surface area contributed by atoms with E-state index in [1.807, 2.05) is 53.4 Å². The van der Waals surface area contributed by atoms with Gasteiger partial charge >= 0.3 is 0 Å². The van der Waals surface area contributed by atoms with Crippen LogP contribution in [0.2, 0.25) is 0 Å². The maximum absolute atomic E-state index is 13.5. The van der Waals surface area contributed by atoms with Crippen molar-refractivity contribution in [1.29, 1.82) is 0 Å². The summed E-state index contributed by atoms with van der Waals surface area (Å²) < 4.78 is 36.2. The monoisotopic (exact) mass is 593 g/mol. The van der Waals surface area contributed by atoms with Crippen molar-refractivity contribution in [3.05, 3.63) is 90.0 Å². The molecule has 2 aliphatic rings. The fraction of sp³-hybridized carbons (Fsp3) is 0.323. The van der Waals surface area contributed by atoms with Crippen molar-refractivity contribution in [2.24, 2.45) is 4.99 Å². The number of hydrogen-bond acceptors (Lipinski definition) is 7. The van der Waals surface area contributed by atoms with Gasteiger partial charge in [0.1, 0.15) is 18.2 Å². The van der Waals surface area contributed by atoms with Crippen molar-refractivity contribution in [2.45, 2.75) is 31.7 Å². The fourth-order valence-electron chi connectivity index (χ4n) is 4.96. The maximum Gasteiger partial charge on any atom is 0.212 e. The summed E-state index contributed by atoms with van der Waals surface area (Å²) in [6.07, 6.45) is 10.9. The largest absolute Gasteiger partial charge is 0.390 e. The molecule has 2 aromatic carbocycles. The zero-order valence-corrected chi connectivity index (χ0v) is 24.4. The van der Waals surface area contributed by atoms with Crippen LogP contribution in [0.15, 0.2) is 89.5 Å². The number of anilines is 3. The Morgan fingerprint density at radius 2 is 1.98 bits per heavy atom. The van der Waals surface area contributed by atoms with E-state index < -0.39 is 16.3 Å². The number of nitrogens with one attached hydrogen (secondary N) is 4. The molecule has 9 nitrogen and oxygen atoms in total. The minimum atomic E-state index is -2.78. The zero-order valence-electron chi connectivity index (χ0n) is 23.6. The maximum atomic E-state index is 13.5. The fourth-order valence-corrected chi connectivity index (χ4v) is 5.48. The molecule has 2 heterocycles. The lowest BCUT2D eigenvalue weighted by atomic mass is 10.0. The second kappa shape index (κ2) is 13.5. The average molecular weight is 594 g/mol. The Morgan fingerprint density at radius 3 is 2.76 bits per heavy atom. The van der Waals surface area contributed by atoms with Gasteiger partial charge in [-0.2, -0.15) is 4.55 Å². The lowest BCUT2D eigenvalue weighted by Crippen LogP contribution is -2.33. The highest BCUT2D eigenvalue weighted by Crippen LogP contribution is 2.34. The van der Waals surface area contributed by atoms with Crippen molar-refractivity contribution >= 4 is 33.6 Å². The van der Waals surface area contributed by atoms with E-state index in [-0.39, 0.29) is 17.7 Å². The molecule has 3 aromatic rings. The van der Waals surface area contributed by atoms with Gasteiger partial charge in [-0.3, -0.25) is 0 Å². The molecular weight excluding hydrogens is 555 g/mol. The highest BCUT2D eigenvalue weighted by atomic mass is 32.3. The van der Waals surface area contributed by atoms with Gasteiger partial charge in [-0.25, -0.2) is 9.38 Å². The van der Waals surface area contributed by atoms with E-state index in [0.29, 0.717) is 26.2 Å². The Hall–Kier alpha value is -3.77. The molecule has 0 spiro atoms. The van der Waals surface area contributed by atoms with Crippen molar-refractivity contribution in [1.82, 2.24) is 9.88 Å². The van der Waals surface area contributed by atoms with Crippen molar-refractivity contribution in [2.75, 3.05) is 47.6 Å². The van der Waals surface area contributed by atoms with Crippen LogP contribution in [0.4, 0.5) is 21.5 Å². The molecule has 222 valence electrons. The average Bonchev–Trinajstić information content (AvgIpc) is 3.43. The first-order valence-corrected chi connectivity index (χ1v) is 16.1. The molecule has 0 bridgehead atoms. The third-order valence-corrected chi connectivity index (χ3v) is 8.15. The molecular formula is C31H38FN6O3S+. The Kier molecular flexibility index (Phi) is 9.53. The summed E-state index contributed by atoms with van der Waals surface area (Å²) in [4.78, 5) is 4.63. The number of nitrogens with zero attached hydrogens (tertiary/aromatic N) is 2. The van der Waals surface area contributed by atoms with Crippen LogP contribution in [-0.4, -0.2) is 58.3 Å². The highest BCUT2D eigenvalue weighted by molar-refractivity contribution is 7.97. The zero-order chi connectivity index (χ0) is 29.5. The predicted octanol–water partition coefficient (Wildman–Crippen LogP) is 5.26.